The summed E-state index contributed by atoms with van der Waals surface area (Å²) in [5.41, 5.74) is 3.95. The fraction of sp³-hybridized carbons (Fsp3) is 0.385. The molecule has 1 unspecified atom stereocenters. The van der Waals surface area contributed by atoms with Gasteiger partial charge >= 0.3 is 0 Å². The van der Waals surface area contributed by atoms with Crippen molar-refractivity contribution in [3.05, 3.63) is 35.5 Å². The number of nitrogens with one attached hydrogen (secondary N) is 2. The Morgan fingerprint density at radius 1 is 1.31 bits per heavy atom. The van der Waals surface area contributed by atoms with Crippen LogP contribution in [0.5, 0.6) is 0 Å². The molecular formula is C13H16N2O. The molecule has 2 aromatic rings. The molecule has 0 saturated carbocycles. The summed E-state index contributed by atoms with van der Waals surface area (Å²) in [6.45, 7) is 1.14. The second kappa shape index (κ2) is 3.92. The first-order valence-corrected chi connectivity index (χ1v) is 5.81. The third-order valence-corrected chi connectivity index (χ3v) is 3.40. The Morgan fingerprint density at radius 2 is 2.19 bits per heavy atom. The van der Waals surface area contributed by atoms with Crippen molar-refractivity contribution in [1.29, 1.82) is 0 Å². The molecule has 1 atom stereocenters. The molecule has 0 amide bonds. The molecule has 0 radical (unpaired) electrons. The van der Waals surface area contributed by atoms with Gasteiger partial charge in [-0.15, -0.1) is 0 Å². The summed E-state index contributed by atoms with van der Waals surface area (Å²) in [5.74, 6) is 0. The van der Waals surface area contributed by atoms with Crippen LogP contribution in [0.25, 0.3) is 10.9 Å². The molecule has 0 spiro atoms. The van der Waals surface area contributed by atoms with Gasteiger partial charge in [-0.05, 0) is 24.5 Å². The summed E-state index contributed by atoms with van der Waals surface area (Å²) >= 11 is 0. The normalized spacial score (nSPS) is 19.9. The van der Waals surface area contributed by atoms with Crippen LogP contribution in [-0.4, -0.2) is 22.7 Å². The molecule has 1 aliphatic rings. The molecule has 16 heavy (non-hydrogen) atoms. The molecule has 0 bridgehead atoms. The van der Waals surface area contributed by atoms with E-state index in [1.54, 1.807) is 0 Å². The number of rotatable bonds is 2. The monoisotopic (exact) mass is 216 g/mol. The molecule has 0 aliphatic carbocycles. The van der Waals surface area contributed by atoms with Gasteiger partial charge in [0.1, 0.15) is 0 Å². The Balaban J connectivity index is 2.01. The third kappa shape index (κ3) is 1.52. The van der Waals surface area contributed by atoms with Crippen molar-refractivity contribution >= 4 is 10.9 Å². The van der Waals surface area contributed by atoms with Crippen molar-refractivity contribution in [1.82, 2.24) is 10.3 Å². The lowest BCUT2D eigenvalue weighted by molar-refractivity contribution is 0.260. The first kappa shape index (κ1) is 9.87. The highest BCUT2D eigenvalue weighted by Gasteiger charge is 2.20. The zero-order valence-electron chi connectivity index (χ0n) is 9.16. The lowest BCUT2D eigenvalue weighted by atomic mass is 9.97. The average Bonchev–Trinajstić information content (AvgIpc) is 2.68. The Bertz CT molecular complexity index is 504. The van der Waals surface area contributed by atoms with Gasteiger partial charge in [-0.25, -0.2) is 0 Å². The number of aromatic amines is 1. The molecule has 3 heteroatoms. The minimum Gasteiger partial charge on any atom is -0.396 e. The molecule has 84 valence electrons. The summed E-state index contributed by atoms with van der Waals surface area (Å²) in [6.07, 6.45) is 1.85. The number of aliphatic hydroxyl groups excluding tert-OH is 1. The maximum atomic E-state index is 8.98. The van der Waals surface area contributed by atoms with Crippen LogP contribution >= 0.6 is 0 Å². The molecule has 3 nitrogen and oxygen atoms in total. The number of hydrogen-bond donors (Lipinski definition) is 3. The molecule has 1 aliphatic heterocycles. The highest BCUT2D eigenvalue weighted by molar-refractivity contribution is 5.84. The van der Waals surface area contributed by atoms with Crippen LogP contribution in [-0.2, 0) is 13.0 Å². The molecule has 1 aromatic carbocycles. The summed E-state index contributed by atoms with van der Waals surface area (Å²) in [4.78, 5) is 3.45. The van der Waals surface area contributed by atoms with Gasteiger partial charge in [0.2, 0.25) is 0 Å². The predicted octanol–water partition coefficient (Wildman–Crippen LogP) is 1.56. The zero-order chi connectivity index (χ0) is 11.0. The second-order valence-electron chi connectivity index (χ2n) is 4.42. The van der Waals surface area contributed by atoms with Gasteiger partial charge in [-0.1, -0.05) is 18.2 Å². The molecule has 0 saturated heterocycles. The van der Waals surface area contributed by atoms with E-state index in [-0.39, 0.29) is 6.61 Å². The van der Waals surface area contributed by atoms with Gasteiger partial charge < -0.3 is 15.4 Å². The molecule has 2 heterocycles. The van der Waals surface area contributed by atoms with E-state index >= 15 is 0 Å². The van der Waals surface area contributed by atoms with Crippen molar-refractivity contribution in [3.8, 4) is 0 Å². The Kier molecular flexibility index (Phi) is 2.42. The highest BCUT2D eigenvalue weighted by Crippen LogP contribution is 2.26. The predicted molar refractivity (Wildman–Crippen MR) is 64.3 cm³/mol. The van der Waals surface area contributed by atoms with E-state index in [0.717, 1.165) is 19.4 Å². The lowest BCUT2D eigenvalue weighted by Gasteiger charge is -2.23. The van der Waals surface area contributed by atoms with Crippen LogP contribution in [0.3, 0.4) is 0 Å². The van der Waals surface area contributed by atoms with E-state index in [1.165, 1.54) is 22.2 Å². The molecule has 0 fully saturated rings. The number of aliphatic hydroxyl groups is 1. The summed E-state index contributed by atoms with van der Waals surface area (Å²) < 4.78 is 0. The van der Waals surface area contributed by atoms with Gasteiger partial charge in [0, 0.05) is 35.8 Å². The standard InChI is InChI=1S/C13H16N2O/c16-6-5-9-7-11-10-3-1-2-4-12(10)15-13(11)8-14-9/h1-4,9,14-16H,5-8H2. The van der Waals surface area contributed by atoms with Crippen LogP contribution in [0.4, 0.5) is 0 Å². The number of H-pyrrole nitrogens is 1. The minimum atomic E-state index is 0.259. The summed E-state index contributed by atoms with van der Waals surface area (Å²) in [6, 6.07) is 8.85. The third-order valence-electron chi connectivity index (χ3n) is 3.40. The average molecular weight is 216 g/mol. The largest absolute Gasteiger partial charge is 0.396 e. The highest BCUT2D eigenvalue weighted by atomic mass is 16.3. The van der Waals surface area contributed by atoms with E-state index in [9.17, 15) is 0 Å². The zero-order valence-corrected chi connectivity index (χ0v) is 9.16. The van der Waals surface area contributed by atoms with E-state index in [1.807, 2.05) is 0 Å². The molecule has 1 aromatic heterocycles. The van der Waals surface area contributed by atoms with Gasteiger partial charge in [-0.2, -0.15) is 0 Å². The summed E-state index contributed by atoms with van der Waals surface area (Å²) in [5, 5.41) is 13.8. The van der Waals surface area contributed by atoms with Crippen molar-refractivity contribution in [2.45, 2.75) is 25.4 Å². The minimum absolute atomic E-state index is 0.259. The maximum absolute atomic E-state index is 8.98. The topological polar surface area (TPSA) is 48.0 Å². The van der Waals surface area contributed by atoms with Crippen LogP contribution in [0.1, 0.15) is 17.7 Å². The SMILES string of the molecule is OCCC1Cc2c([nH]c3ccccc23)CN1. The van der Waals surface area contributed by atoms with Gasteiger partial charge in [0.15, 0.2) is 0 Å². The van der Waals surface area contributed by atoms with E-state index in [0.29, 0.717) is 6.04 Å². The quantitative estimate of drug-likeness (QED) is 0.713. The maximum Gasteiger partial charge on any atom is 0.0459 e. The van der Waals surface area contributed by atoms with Crippen LogP contribution in [0.2, 0.25) is 0 Å². The molecule has 3 N–H and O–H groups in total. The fourth-order valence-electron chi connectivity index (χ4n) is 2.56. The molecule has 3 rings (SSSR count). The number of benzene rings is 1. The van der Waals surface area contributed by atoms with Gasteiger partial charge in [-0.3, -0.25) is 0 Å². The van der Waals surface area contributed by atoms with Crippen LogP contribution in [0.15, 0.2) is 24.3 Å². The van der Waals surface area contributed by atoms with Gasteiger partial charge in [0.25, 0.3) is 0 Å². The van der Waals surface area contributed by atoms with Crippen molar-refractivity contribution in [2.75, 3.05) is 6.61 Å². The fourth-order valence-corrected chi connectivity index (χ4v) is 2.56. The van der Waals surface area contributed by atoms with Crippen molar-refractivity contribution in [3.63, 3.8) is 0 Å². The smallest absolute Gasteiger partial charge is 0.0459 e. The Morgan fingerprint density at radius 3 is 3.06 bits per heavy atom. The summed E-state index contributed by atoms with van der Waals surface area (Å²) in [7, 11) is 0. The number of hydrogen-bond acceptors (Lipinski definition) is 2. The first-order valence-electron chi connectivity index (χ1n) is 5.81. The van der Waals surface area contributed by atoms with E-state index in [2.05, 4.69) is 34.6 Å². The van der Waals surface area contributed by atoms with E-state index in [4.69, 9.17) is 5.11 Å². The second-order valence-corrected chi connectivity index (χ2v) is 4.42. The number of aromatic nitrogens is 1. The molecular weight excluding hydrogens is 200 g/mol. The van der Waals surface area contributed by atoms with E-state index < -0.39 is 0 Å². The number of para-hydroxylation sites is 1. The van der Waals surface area contributed by atoms with Gasteiger partial charge in [0.05, 0.1) is 0 Å². The van der Waals surface area contributed by atoms with Crippen molar-refractivity contribution < 1.29 is 5.11 Å². The van der Waals surface area contributed by atoms with Crippen LogP contribution < -0.4 is 5.32 Å². The Labute approximate surface area is 94.5 Å². The lowest BCUT2D eigenvalue weighted by Crippen LogP contribution is -2.35. The number of fused-ring (bicyclic) bond motifs is 3. The van der Waals surface area contributed by atoms with Crippen LogP contribution in [0, 0.1) is 0 Å². The van der Waals surface area contributed by atoms with Crippen molar-refractivity contribution in [2.24, 2.45) is 0 Å². The Hall–Kier alpha value is -1.32. The first-order chi connectivity index (χ1) is 7.88.